The molecule has 0 radical (unpaired) electrons. The minimum absolute atomic E-state index is 0.260. The molecule has 0 aromatic carbocycles. The minimum Gasteiger partial charge on any atom is -0.409 e. The van der Waals surface area contributed by atoms with Gasteiger partial charge in [0.1, 0.15) is 5.84 Å². The predicted molar refractivity (Wildman–Crippen MR) is 67.4 cm³/mol. The molecule has 6 nitrogen and oxygen atoms in total. The molecule has 0 rings (SSSR count). The van der Waals surface area contributed by atoms with Crippen molar-refractivity contribution in [2.24, 2.45) is 16.3 Å². The van der Waals surface area contributed by atoms with E-state index >= 15 is 0 Å². The van der Waals surface area contributed by atoms with Crippen molar-refractivity contribution in [1.29, 1.82) is 0 Å². The minimum atomic E-state index is -0.293. The van der Waals surface area contributed by atoms with Gasteiger partial charge in [0, 0.05) is 19.1 Å². The second kappa shape index (κ2) is 9.21. The zero-order valence-electron chi connectivity index (χ0n) is 11.0. The highest BCUT2D eigenvalue weighted by Gasteiger charge is 2.22. The lowest BCUT2D eigenvalue weighted by Gasteiger charge is -2.22. The maximum absolute atomic E-state index is 8.60. The van der Waals surface area contributed by atoms with Gasteiger partial charge in [0.05, 0.1) is 19.8 Å². The maximum Gasteiger partial charge on any atom is 0.144 e. The highest BCUT2D eigenvalue weighted by Crippen LogP contribution is 2.19. The summed E-state index contributed by atoms with van der Waals surface area (Å²) in [5.41, 5.74) is 5.29. The lowest BCUT2D eigenvalue weighted by Crippen LogP contribution is -2.35. The van der Waals surface area contributed by atoms with Crippen molar-refractivity contribution in [3.8, 4) is 0 Å². The first kappa shape index (κ1) is 16.1. The monoisotopic (exact) mass is 247 g/mol. The summed E-state index contributed by atoms with van der Waals surface area (Å²) >= 11 is 0. The Kier molecular flexibility index (Phi) is 8.75. The van der Waals surface area contributed by atoms with E-state index in [1.165, 1.54) is 0 Å². The maximum atomic E-state index is 8.60. The van der Waals surface area contributed by atoms with E-state index in [1.807, 2.05) is 13.8 Å². The summed E-state index contributed by atoms with van der Waals surface area (Å²) in [7, 11) is 1.65. The Hall–Kier alpha value is -0.850. The van der Waals surface area contributed by atoms with Gasteiger partial charge in [-0.3, -0.25) is 0 Å². The number of nitrogens with zero attached hydrogens (tertiary/aromatic N) is 1. The Labute approximate surface area is 103 Å². The van der Waals surface area contributed by atoms with Crippen molar-refractivity contribution in [1.82, 2.24) is 5.32 Å². The molecule has 0 atom stereocenters. The number of nitrogens with one attached hydrogen (secondary N) is 1. The van der Waals surface area contributed by atoms with Crippen molar-refractivity contribution in [3.63, 3.8) is 0 Å². The molecule has 0 aromatic rings. The standard InChI is InChI=1S/C11H25N3O3/c1-11(2,10(12)14-15)4-5-13-6-7-17-9-8-16-3/h13,15H,4-9H2,1-3H3,(H2,12,14). The van der Waals surface area contributed by atoms with E-state index in [9.17, 15) is 0 Å². The van der Waals surface area contributed by atoms with E-state index in [-0.39, 0.29) is 11.3 Å². The van der Waals surface area contributed by atoms with Crippen LogP contribution in [0.15, 0.2) is 5.16 Å². The van der Waals surface area contributed by atoms with Crippen LogP contribution in [-0.2, 0) is 9.47 Å². The molecule has 0 amide bonds. The third-order valence-electron chi connectivity index (χ3n) is 2.58. The molecule has 0 heterocycles. The van der Waals surface area contributed by atoms with Crippen LogP contribution in [0.25, 0.3) is 0 Å². The van der Waals surface area contributed by atoms with Gasteiger partial charge in [0.2, 0.25) is 0 Å². The van der Waals surface area contributed by atoms with E-state index in [4.69, 9.17) is 20.4 Å². The molecule has 6 heteroatoms. The van der Waals surface area contributed by atoms with Gasteiger partial charge in [-0.05, 0) is 13.0 Å². The zero-order chi connectivity index (χ0) is 13.1. The Balaban J connectivity index is 3.45. The van der Waals surface area contributed by atoms with Gasteiger partial charge >= 0.3 is 0 Å². The second-order valence-corrected chi connectivity index (χ2v) is 4.47. The average Bonchev–Trinajstić information content (AvgIpc) is 2.31. The van der Waals surface area contributed by atoms with Gasteiger partial charge < -0.3 is 25.7 Å². The molecule has 4 N–H and O–H groups in total. The summed E-state index contributed by atoms with van der Waals surface area (Å²) in [6.45, 7) is 7.38. The summed E-state index contributed by atoms with van der Waals surface area (Å²) in [4.78, 5) is 0. The smallest absolute Gasteiger partial charge is 0.144 e. The number of hydrogen-bond donors (Lipinski definition) is 3. The quantitative estimate of drug-likeness (QED) is 0.171. The summed E-state index contributed by atoms with van der Waals surface area (Å²) in [6, 6.07) is 0. The van der Waals surface area contributed by atoms with Crippen LogP contribution in [0.4, 0.5) is 0 Å². The average molecular weight is 247 g/mol. The summed E-state index contributed by atoms with van der Waals surface area (Å²) in [5.74, 6) is 0.260. The van der Waals surface area contributed by atoms with Gasteiger partial charge in [-0.25, -0.2) is 0 Å². The number of hydrogen-bond acceptors (Lipinski definition) is 5. The molecule has 0 aliphatic heterocycles. The molecular formula is C11H25N3O3. The number of oxime groups is 1. The van der Waals surface area contributed by atoms with Crippen LogP contribution in [0.2, 0.25) is 0 Å². The van der Waals surface area contributed by atoms with Crippen LogP contribution >= 0.6 is 0 Å². The number of rotatable bonds is 10. The van der Waals surface area contributed by atoms with E-state index in [0.717, 1.165) is 19.5 Å². The van der Waals surface area contributed by atoms with Crippen LogP contribution in [0.1, 0.15) is 20.3 Å². The van der Waals surface area contributed by atoms with Crippen LogP contribution in [0.5, 0.6) is 0 Å². The van der Waals surface area contributed by atoms with Gasteiger partial charge in [0.15, 0.2) is 0 Å². The topological polar surface area (TPSA) is 89.1 Å². The first-order valence-corrected chi connectivity index (χ1v) is 5.80. The Morgan fingerprint density at radius 2 is 2.00 bits per heavy atom. The van der Waals surface area contributed by atoms with E-state index in [1.54, 1.807) is 7.11 Å². The molecule has 0 saturated heterocycles. The lowest BCUT2D eigenvalue weighted by atomic mass is 9.88. The zero-order valence-corrected chi connectivity index (χ0v) is 11.0. The lowest BCUT2D eigenvalue weighted by molar-refractivity contribution is 0.0719. The molecule has 0 bridgehead atoms. The van der Waals surface area contributed by atoms with E-state index in [2.05, 4.69) is 10.5 Å². The van der Waals surface area contributed by atoms with Crippen LogP contribution in [-0.4, -0.2) is 51.1 Å². The molecule has 0 spiro atoms. The molecule has 0 unspecified atom stereocenters. The van der Waals surface area contributed by atoms with Gasteiger partial charge in [-0.15, -0.1) is 0 Å². The van der Waals surface area contributed by atoms with E-state index < -0.39 is 0 Å². The van der Waals surface area contributed by atoms with Gasteiger partial charge in [-0.1, -0.05) is 19.0 Å². The summed E-state index contributed by atoms with van der Waals surface area (Å²) in [6.07, 6.45) is 0.807. The summed E-state index contributed by atoms with van der Waals surface area (Å²) in [5, 5.41) is 14.9. The number of nitrogens with two attached hydrogens (primary N) is 1. The van der Waals surface area contributed by atoms with Gasteiger partial charge in [-0.2, -0.15) is 0 Å². The molecule has 102 valence electrons. The fourth-order valence-corrected chi connectivity index (χ4v) is 1.18. The summed E-state index contributed by atoms with van der Waals surface area (Å²) < 4.78 is 10.2. The van der Waals surface area contributed by atoms with Crippen molar-refractivity contribution >= 4 is 5.84 Å². The Morgan fingerprint density at radius 1 is 1.29 bits per heavy atom. The van der Waals surface area contributed by atoms with Crippen LogP contribution in [0, 0.1) is 5.41 Å². The molecule has 17 heavy (non-hydrogen) atoms. The third-order valence-corrected chi connectivity index (χ3v) is 2.58. The Morgan fingerprint density at radius 3 is 2.59 bits per heavy atom. The van der Waals surface area contributed by atoms with Crippen molar-refractivity contribution in [2.75, 3.05) is 40.0 Å². The fraction of sp³-hybridized carbons (Fsp3) is 0.909. The first-order valence-electron chi connectivity index (χ1n) is 5.80. The largest absolute Gasteiger partial charge is 0.409 e. The SMILES string of the molecule is COCCOCCNCCC(C)(C)C(N)=NO. The van der Waals surface area contributed by atoms with E-state index in [0.29, 0.717) is 19.8 Å². The molecule has 0 fully saturated rings. The molecule has 0 aliphatic carbocycles. The van der Waals surface area contributed by atoms with Crippen molar-refractivity contribution < 1.29 is 14.7 Å². The number of amidine groups is 1. The predicted octanol–water partition coefficient (Wildman–Crippen LogP) is 0.402. The molecular weight excluding hydrogens is 222 g/mol. The Bertz CT molecular complexity index is 220. The number of ether oxygens (including phenoxy) is 2. The fourth-order valence-electron chi connectivity index (χ4n) is 1.18. The molecule has 0 aromatic heterocycles. The number of methoxy groups -OCH3 is 1. The molecule has 0 aliphatic rings. The first-order chi connectivity index (χ1) is 8.04. The third kappa shape index (κ3) is 7.95. The van der Waals surface area contributed by atoms with Gasteiger partial charge in [0.25, 0.3) is 0 Å². The van der Waals surface area contributed by atoms with Crippen LogP contribution < -0.4 is 11.1 Å². The highest BCUT2D eigenvalue weighted by molar-refractivity contribution is 5.85. The van der Waals surface area contributed by atoms with Crippen LogP contribution in [0.3, 0.4) is 0 Å². The highest BCUT2D eigenvalue weighted by atomic mass is 16.5. The van der Waals surface area contributed by atoms with Crippen molar-refractivity contribution in [2.45, 2.75) is 20.3 Å². The normalized spacial score (nSPS) is 13.0. The van der Waals surface area contributed by atoms with Crippen molar-refractivity contribution in [3.05, 3.63) is 0 Å². The second-order valence-electron chi connectivity index (χ2n) is 4.47. The molecule has 0 saturated carbocycles.